The summed E-state index contributed by atoms with van der Waals surface area (Å²) >= 11 is 0. The minimum absolute atomic E-state index is 0.0391. The molecule has 0 unspecified atom stereocenters. The van der Waals surface area contributed by atoms with Gasteiger partial charge in [0.05, 0.1) is 17.5 Å². The number of nitrogens with one attached hydrogen (secondary N) is 1. The molecule has 0 aliphatic carbocycles. The summed E-state index contributed by atoms with van der Waals surface area (Å²) in [5.74, 6) is -1.71. The number of hydrogen-bond acceptors (Lipinski definition) is 3. The van der Waals surface area contributed by atoms with E-state index in [1.165, 1.54) is 12.1 Å². The minimum atomic E-state index is -1.02. The first-order valence-electron chi connectivity index (χ1n) is 8.44. The first-order valence-corrected chi connectivity index (χ1v) is 8.44. The van der Waals surface area contributed by atoms with Gasteiger partial charge in [0.1, 0.15) is 0 Å². The molecule has 3 rings (SSSR count). The fourth-order valence-corrected chi connectivity index (χ4v) is 3.13. The largest absolute Gasteiger partial charge is 0.478 e. The number of rotatable bonds is 5. The van der Waals surface area contributed by atoms with E-state index in [1.807, 2.05) is 37.3 Å². The van der Waals surface area contributed by atoms with Crippen molar-refractivity contribution < 1.29 is 19.5 Å². The van der Waals surface area contributed by atoms with Crippen LogP contribution in [0.2, 0.25) is 0 Å². The van der Waals surface area contributed by atoms with Crippen molar-refractivity contribution in [1.29, 1.82) is 0 Å². The van der Waals surface area contributed by atoms with Crippen LogP contribution in [0.5, 0.6) is 0 Å². The Bertz CT molecular complexity index is 817. The van der Waals surface area contributed by atoms with E-state index in [9.17, 15) is 14.4 Å². The molecule has 0 radical (unpaired) electrons. The second-order valence-corrected chi connectivity index (χ2v) is 6.41. The van der Waals surface area contributed by atoms with Crippen molar-refractivity contribution in [2.24, 2.45) is 5.92 Å². The van der Waals surface area contributed by atoms with Crippen molar-refractivity contribution >= 4 is 23.5 Å². The molecule has 2 N–H and O–H groups in total. The standard InChI is InChI=1S/C20H20N2O4/c1-13(14-5-3-2-4-6-14)22-12-16(11-18(22)23)19(24)21-17-9-7-15(8-10-17)20(25)26/h2-10,13,16H,11-12H2,1H3,(H,21,24)(H,25,26)/t13-,16-/m0/s1. The predicted octanol–water partition coefficient (Wildman–Crippen LogP) is 2.93. The van der Waals surface area contributed by atoms with Gasteiger partial charge in [-0.25, -0.2) is 4.79 Å². The summed E-state index contributed by atoms with van der Waals surface area (Å²) in [5.41, 5.74) is 1.70. The first-order chi connectivity index (χ1) is 12.5. The van der Waals surface area contributed by atoms with E-state index >= 15 is 0 Å². The lowest BCUT2D eigenvalue weighted by atomic mass is 10.1. The molecule has 26 heavy (non-hydrogen) atoms. The molecule has 2 aromatic rings. The van der Waals surface area contributed by atoms with Crippen molar-refractivity contribution in [2.45, 2.75) is 19.4 Å². The number of benzene rings is 2. The van der Waals surface area contributed by atoms with Crippen LogP contribution >= 0.6 is 0 Å². The molecule has 0 aromatic heterocycles. The van der Waals surface area contributed by atoms with Crippen molar-refractivity contribution in [2.75, 3.05) is 11.9 Å². The summed E-state index contributed by atoms with van der Waals surface area (Å²) in [6.45, 7) is 2.33. The summed E-state index contributed by atoms with van der Waals surface area (Å²) in [6.07, 6.45) is 0.177. The topological polar surface area (TPSA) is 86.7 Å². The van der Waals surface area contributed by atoms with Gasteiger partial charge >= 0.3 is 5.97 Å². The van der Waals surface area contributed by atoms with Crippen molar-refractivity contribution in [3.8, 4) is 0 Å². The van der Waals surface area contributed by atoms with Crippen LogP contribution in [0.3, 0.4) is 0 Å². The summed E-state index contributed by atoms with van der Waals surface area (Å²) in [4.78, 5) is 37.4. The molecule has 0 bridgehead atoms. The molecule has 1 heterocycles. The average molecular weight is 352 g/mol. The summed E-state index contributed by atoms with van der Waals surface area (Å²) < 4.78 is 0. The Morgan fingerprint density at radius 3 is 2.38 bits per heavy atom. The van der Waals surface area contributed by atoms with Crippen LogP contribution in [-0.2, 0) is 9.59 Å². The Hall–Kier alpha value is -3.15. The lowest BCUT2D eigenvalue weighted by molar-refractivity contribution is -0.129. The third kappa shape index (κ3) is 3.74. The highest BCUT2D eigenvalue weighted by Crippen LogP contribution is 2.29. The molecule has 1 aliphatic rings. The molecular weight excluding hydrogens is 332 g/mol. The molecular formula is C20H20N2O4. The first kappa shape index (κ1) is 17.7. The second kappa shape index (κ2) is 7.39. The predicted molar refractivity (Wildman–Crippen MR) is 96.7 cm³/mol. The molecule has 6 nitrogen and oxygen atoms in total. The summed E-state index contributed by atoms with van der Waals surface area (Å²) in [7, 11) is 0. The van der Waals surface area contributed by atoms with Gasteiger partial charge in [-0.15, -0.1) is 0 Å². The number of carbonyl (C=O) groups is 3. The normalized spacial score (nSPS) is 17.8. The Morgan fingerprint density at radius 2 is 1.77 bits per heavy atom. The van der Waals surface area contributed by atoms with Gasteiger partial charge in [0.25, 0.3) is 0 Å². The van der Waals surface area contributed by atoms with E-state index in [0.29, 0.717) is 12.2 Å². The van der Waals surface area contributed by atoms with Crippen LogP contribution in [0, 0.1) is 5.92 Å². The number of amides is 2. The third-order valence-corrected chi connectivity index (χ3v) is 4.68. The zero-order valence-electron chi connectivity index (χ0n) is 14.4. The maximum Gasteiger partial charge on any atom is 0.335 e. The van der Waals surface area contributed by atoms with Crippen LogP contribution in [0.4, 0.5) is 5.69 Å². The van der Waals surface area contributed by atoms with Gasteiger partial charge in [0.15, 0.2) is 0 Å². The van der Waals surface area contributed by atoms with Gasteiger partial charge in [0, 0.05) is 18.7 Å². The van der Waals surface area contributed by atoms with Crippen molar-refractivity contribution in [1.82, 2.24) is 4.90 Å². The molecule has 1 saturated heterocycles. The summed E-state index contributed by atoms with van der Waals surface area (Å²) in [5, 5.41) is 11.7. The third-order valence-electron chi connectivity index (χ3n) is 4.68. The molecule has 0 spiro atoms. The quantitative estimate of drug-likeness (QED) is 0.866. The van der Waals surface area contributed by atoms with Crippen LogP contribution < -0.4 is 5.32 Å². The van der Waals surface area contributed by atoms with Gasteiger partial charge < -0.3 is 15.3 Å². The Kier molecular flexibility index (Phi) is 5.02. The monoisotopic (exact) mass is 352 g/mol. The number of carbonyl (C=O) groups excluding carboxylic acids is 2. The van der Waals surface area contributed by atoms with Crippen molar-refractivity contribution in [3.05, 3.63) is 65.7 Å². The van der Waals surface area contributed by atoms with Crippen LogP contribution in [0.25, 0.3) is 0 Å². The van der Waals surface area contributed by atoms with Crippen LogP contribution in [0.15, 0.2) is 54.6 Å². The fraction of sp³-hybridized carbons (Fsp3) is 0.250. The van der Waals surface area contributed by atoms with Crippen LogP contribution in [0.1, 0.15) is 35.3 Å². The second-order valence-electron chi connectivity index (χ2n) is 6.41. The van der Waals surface area contributed by atoms with Gasteiger partial charge in [-0.05, 0) is 36.8 Å². The fourth-order valence-electron chi connectivity index (χ4n) is 3.13. The Morgan fingerprint density at radius 1 is 1.12 bits per heavy atom. The zero-order valence-corrected chi connectivity index (χ0v) is 14.4. The SMILES string of the molecule is C[C@@H](c1ccccc1)N1C[C@@H](C(=O)Nc2ccc(C(=O)O)cc2)CC1=O. The number of likely N-dealkylation sites (tertiary alicyclic amines) is 1. The maximum absolute atomic E-state index is 12.5. The highest BCUT2D eigenvalue weighted by molar-refractivity contribution is 5.97. The lowest BCUT2D eigenvalue weighted by Gasteiger charge is -2.25. The van der Waals surface area contributed by atoms with Crippen LogP contribution in [-0.4, -0.2) is 34.3 Å². The van der Waals surface area contributed by atoms with Gasteiger partial charge in [-0.2, -0.15) is 0 Å². The van der Waals surface area contributed by atoms with Crippen molar-refractivity contribution in [3.63, 3.8) is 0 Å². The molecule has 2 amide bonds. The number of anilines is 1. The molecule has 0 saturated carbocycles. The van der Waals surface area contributed by atoms with E-state index in [-0.39, 0.29) is 29.8 Å². The smallest absolute Gasteiger partial charge is 0.335 e. The number of carboxylic acids is 1. The number of aromatic carboxylic acids is 1. The lowest BCUT2D eigenvalue weighted by Crippen LogP contribution is -2.30. The van der Waals surface area contributed by atoms with E-state index in [2.05, 4.69) is 5.32 Å². The average Bonchev–Trinajstić information content (AvgIpc) is 3.04. The Labute approximate surface area is 151 Å². The van der Waals surface area contributed by atoms with Gasteiger partial charge in [-0.1, -0.05) is 30.3 Å². The minimum Gasteiger partial charge on any atom is -0.478 e. The summed E-state index contributed by atoms with van der Waals surface area (Å²) in [6, 6.07) is 15.6. The highest BCUT2D eigenvalue weighted by atomic mass is 16.4. The maximum atomic E-state index is 12.5. The van der Waals surface area contributed by atoms with E-state index in [4.69, 9.17) is 5.11 Å². The molecule has 1 aliphatic heterocycles. The van der Waals surface area contributed by atoms with E-state index in [0.717, 1.165) is 5.56 Å². The highest BCUT2D eigenvalue weighted by Gasteiger charge is 2.37. The number of nitrogens with zero attached hydrogens (tertiary/aromatic N) is 1. The molecule has 2 aromatic carbocycles. The number of carboxylic acid groups (broad SMARTS) is 1. The molecule has 6 heteroatoms. The van der Waals surface area contributed by atoms with E-state index in [1.54, 1.807) is 17.0 Å². The zero-order chi connectivity index (χ0) is 18.7. The molecule has 2 atom stereocenters. The number of hydrogen-bond donors (Lipinski definition) is 2. The van der Waals surface area contributed by atoms with Gasteiger partial charge in [-0.3, -0.25) is 9.59 Å². The molecule has 134 valence electrons. The van der Waals surface area contributed by atoms with Gasteiger partial charge in [0.2, 0.25) is 11.8 Å². The molecule has 1 fully saturated rings. The Balaban J connectivity index is 1.64. The van der Waals surface area contributed by atoms with E-state index < -0.39 is 11.9 Å².